The van der Waals surface area contributed by atoms with E-state index in [0.29, 0.717) is 24.2 Å². The van der Waals surface area contributed by atoms with E-state index in [9.17, 15) is 23.1 Å². The van der Waals surface area contributed by atoms with Crippen LogP contribution in [0.1, 0.15) is 31.7 Å². The molecule has 1 aromatic carbocycles. The largest absolute Gasteiger partial charge is 0.497 e. The molecule has 1 N–H and O–H groups in total. The van der Waals surface area contributed by atoms with Crippen LogP contribution >= 0.6 is 0 Å². The molecule has 2 aliphatic rings. The number of carbonyl (C=O) groups excluding carboxylic acids is 1. The molecule has 0 unspecified atom stereocenters. The quantitative estimate of drug-likeness (QED) is 0.889. The molecule has 3 atom stereocenters. The fraction of sp³-hybridized carbons (Fsp3) is 0.556. The molecule has 0 spiro atoms. The van der Waals surface area contributed by atoms with Crippen LogP contribution in [0.25, 0.3) is 0 Å². The van der Waals surface area contributed by atoms with Gasteiger partial charge in [0, 0.05) is 5.71 Å². The van der Waals surface area contributed by atoms with Gasteiger partial charge in [0.2, 0.25) is 5.91 Å². The van der Waals surface area contributed by atoms with Crippen molar-refractivity contribution >= 4 is 11.6 Å². The van der Waals surface area contributed by atoms with E-state index in [-0.39, 0.29) is 29.5 Å². The molecule has 5 nitrogen and oxygen atoms in total. The molecule has 0 saturated heterocycles. The fourth-order valence-corrected chi connectivity index (χ4v) is 3.65. The van der Waals surface area contributed by atoms with Crippen molar-refractivity contribution < 1.29 is 27.8 Å². The number of halogens is 3. The number of ether oxygens (including phenoxy) is 1. The Bertz CT molecular complexity index is 717. The molecule has 1 aliphatic heterocycles. The molecule has 0 aromatic heterocycles. The minimum Gasteiger partial charge on any atom is -0.497 e. The summed E-state index contributed by atoms with van der Waals surface area (Å²) >= 11 is 0. The van der Waals surface area contributed by atoms with Gasteiger partial charge in [-0.2, -0.15) is 23.3 Å². The van der Waals surface area contributed by atoms with Gasteiger partial charge >= 0.3 is 6.18 Å². The number of carbonyl (C=O) groups is 1. The molecule has 1 fully saturated rings. The van der Waals surface area contributed by atoms with Crippen LogP contribution < -0.4 is 4.74 Å². The Morgan fingerprint density at radius 3 is 2.62 bits per heavy atom. The number of methoxy groups -OCH3 is 1. The number of nitrogens with zero attached hydrogens (tertiary/aromatic N) is 2. The Labute approximate surface area is 149 Å². The minimum atomic E-state index is -4.99. The van der Waals surface area contributed by atoms with E-state index in [2.05, 4.69) is 5.10 Å². The molecule has 3 rings (SSSR count). The van der Waals surface area contributed by atoms with E-state index in [4.69, 9.17) is 4.74 Å². The molecule has 0 radical (unpaired) electrons. The topological polar surface area (TPSA) is 62.1 Å². The van der Waals surface area contributed by atoms with E-state index in [1.54, 1.807) is 24.3 Å². The highest BCUT2D eigenvalue weighted by Crippen LogP contribution is 2.49. The van der Waals surface area contributed by atoms with Crippen LogP contribution in [0.5, 0.6) is 5.75 Å². The first kappa shape index (κ1) is 18.7. The van der Waals surface area contributed by atoms with Gasteiger partial charge in [0.15, 0.2) is 0 Å². The van der Waals surface area contributed by atoms with Gasteiger partial charge in [-0.1, -0.05) is 19.1 Å². The van der Waals surface area contributed by atoms with Crippen molar-refractivity contribution in [2.24, 2.45) is 16.9 Å². The van der Waals surface area contributed by atoms with Gasteiger partial charge in [-0.3, -0.25) is 4.79 Å². The predicted molar refractivity (Wildman–Crippen MR) is 88.5 cm³/mol. The second-order valence-corrected chi connectivity index (χ2v) is 6.98. The van der Waals surface area contributed by atoms with Crippen LogP contribution in [0, 0.1) is 11.8 Å². The van der Waals surface area contributed by atoms with Gasteiger partial charge in [0.1, 0.15) is 5.75 Å². The number of hydrazone groups is 1. The van der Waals surface area contributed by atoms with E-state index < -0.39 is 23.7 Å². The summed E-state index contributed by atoms with van der Waals surface area (Å²) in [5.74, 6) is -1.48. The maximum Gasteiger partial charge on any atom is 0.439 e. The SMILES string of the molecule is COc1ccc(CC(=O)N2N=C3CC[C@H](C)C[C@@H]3[C@]2(O)C(F)(F)F)cc1. The van der Waals surface area contributed by atoms with E-state index in [1.165, 1.54) is 7.11 Å². The van der Waals surface area contributed by atoms with Gasteiger partial charge < -0.3 is 9.84 Å². The predicted octanol–water partition coefficient (Wildman–Crippen LogP) is 3.12. The monoisotopic (exact) mass is 370 g/mol. The van der Waals surface area contributed by atoms with Crippen molar-refractivity contribution in [3.8, 4) is 5.75 Å². The summed E-state index contributed by atoms with van der Waals surface area (Å²) < 4.78 is 46.3. The number of hydrogen-bond donors (Lipinski definition) is 1. The lowest BCUT2D eigenvalue weighted by molar-refractivity contribution is -0.317. The maximum absolute atomic E-state index is 13.8. The number of hydrogen-bond acceptors (Lipinski definition) is 4. The Hall–Kier alpha value is -2.09. The average Bonchev–Trinajstić information content (AvgIpc) is 2.89. The summed E-state index contributed by atoms with van der Waals surface area (Å²) in [5.41, 5.74) is -2.50. The van der Waals surface area contributed by atoms with Gasteiger partial charge in [0.05, 0.1) is 19.4 Å². The van der Waals surface area contributed by atoms with Crippen molar-refractivity contribution in [2.75, 3.05) is 7.11 Å². The zero-order chi connectivity index (χ0) is 19.1. The van der Waals surface area contributed by atoms with Gasteiger partial charge in [-0.25, -0.2) is 0 Å². The summed E-state index contributed by atoms with van der Waals surface area (Å²) in [6.45, 7) is 1.84. The number of benzene rings is 1. The molecule has 1 aliphatic carbocycles. The molecule has 0 bridgehead atoms. The highest BCUT2D eigenvalue weighted by atomic mass is 19.4. The Kier molecular flexibility index (Phi) is 4.72. The Morgan fingerprint density at radius 2 is 2.04 bits per heavy atom. The molecule has 26 heavy (non-hydrogen) atoms. The molecule has 1 amide bonds. The lowest BCUT2D eigenvalue weighted by Crippen LogP contribution is -2.62. The maximum atomic E-state index is 13.8. The van der Waals surface area contributed by atoms with Crippen LogP contribution in [0.4, 0.5) is 13.2 Å². The fourth-order valence-electron chi connectivity index (χ4n) is 3.65. The van der Waals surface area contributed by atoms with E-state index in [0.717, 1.165) is 0 Å². The molecule has 1 aromatic rings. The highest BCUT2D eigenvalue weighted by Gasteiger charge is 2.68. The minimum absolute atomic E-state index is 0.0319. The first-order valence-corrected chi connectivity index (χ1v) is 8.49. The standard InChI is InChI=1S/C18H21F3N2O3/c1-11-3-8-15-14(9-11)17(25,18(19,20)21)23(22-15)16(24)10-12-4-6-13(26-2)7-5-12/h4-7,11,14,25H,3,8-10H2,1-2H3/t11-,14-,17-/m0/s1. The molecule has 8 heteroatoms. The lowest BCUT2D eigenvalue weighted by Gasteiger charge is -2.39. The second kappa shape index (κ2) is 6.57. The summed E-state index contributed by atoms with van der Waals surface area (Å²) in [5, 5.41) is 14.7. The molecule has 1 heterocycles. The summed E-state index contributed by atoms with van der Waals surface area (Å²) in [6, 6.07) is 6.44. The summed E-state index contributed by atoms with van der Waals surface area (Å²) in [4.78, 5) is 12.6. The zero-order valence-corrected chi connectivity index (χ0v) is 14.6. The van der Waals surface area contributed by atoms with Crippen LogP contribution in [0.2, 0.25) is 0 Å². The molecular weight excluding hydrogens is 349 g/mol. The van der Waals surface area contributed by atoms with Crippen LogP contribution in [-0.4, -0.2) is 40.7 Å². The van der Waals surface area contributed by atoms with Crippen molar-refractivity contribution in [1.29, 1.82) is 0 Å². The third kappa shape index (κ3) is 3.06. The normalized spacial score (nSPS) is 28.5. The first-order valence-electron chi connectivity index (χ1n) is 8.49. The van der Waals surface area contributed by atoms with Gasteiger partial charge in [-0.15, -0.1) is 0 Å². The number of alkyl halides is 3. The van der Waals surface area contributed by atoms with Gasteiger partial charge in [0.25, 0.3) is 5.72 Å². The number of rotatable bonds is 3. The highest BCUT2D eigenvalue weighted by molar-refractivity contribution is 5.93. The third-order valence-corrected chi connectivity index (χ3v) is 5.14. The van der Waals surface area contributed by atoms with Crippen molar-refractivity contribution in [2.45, 2.75) is 44.5 Å². The molecule has 142 valence electrons. The number of fused-ring (bicyclic) bond motifs is 1. The van der Waals surface area contributed by atoms with Crippen LogP contribution in [0.3, 0.4) is 0 Å². The lowest BCUT2D eigenvalue weighted by atomic mass is 9.76. The summed E-state index contributed by atoms with van der Waals surface area (Å²) in [6.07, 6.45) is -4.07. The number of aliphatic hydroxyl groups is 1. The molecule has 1 saturated carbocycles. The van der Waals surface area contributed by atoms with E-state index in [1.807, 2.05) is 6.92 Å². The third-order valence-electron chi connectivity index (χ3n) is 5.14. The zero-order valence-electron chi connectivity index (χ0n) is 14.6. The van der Waals surface area contributed by atoms with Gasteiger partial charge in [-0.05, 0) is 42.9 Å². The Morgan fingerprint density at radius 1 is 1.38 bits per heavy atom. The van der Waals surface area contributed by atoms with Crippen LogP contribution in [0.15, 0.2) is 29.4 Å². The van der Waals surface area contributed by atoms with Crippen molar-refractivity contribution in [1.82, 2.24) is 5.01 Å². The average molecular weight is 370 g/mol. The smallest absolute Gasteiger partial charge is 0.439 e. The van der Waals surface area contributed by atoms with Crippen molar-refractivity contribution in [3.63, 3.8) is 0 Å². The van der Waals surface area contributed by atoms with E-state index >= 15 is 0 Å². The number of amides is 1. The molecular formula is C18H21F3N2O3. The Balaban J connectivity index is 1.88. The summed E-state index contributed by atoms with van der Waals surface area (Å²) in [7, 11) is 1.49. The second-order valence-electron chi connectivity index (χ2n) is 6.98. The van der Waals surface area contributed by atoms with Crippen LogP contribution in [-0.2, 0) is 11.2 Å². The first-order chi connectivity index (χ1) is 12.2. The van der Waals surface area contributed by atoms with Crippen molar-refractivity contribution in [3.05, 3.63) is 29.8 Å².